The van der Waals surface area contributed by atoms with E-state index in [1.54, 1.807) is 0 Å². The zero-order chi connectivity index (χ0) is 23.2. The summed E-state index contributed by atoms with van der Waals surface area (Å²) in [4.78, 5) is 23.2. The Bertz CT molecular complexity index is 392. The normalized spacial score (nSPS) is 13.0. The lowest BCUT2D eigenvalue weighted by molar-refractivity contribution is -0.167. The Kier molecular flexibility index (Phi) is 21.1. The van der Waals surface area contributed by atoms with Crippen LogP contribution in [0.1, 0.15) is 103 Å². The van der Waals surface area contributed by atoms with Crippen LogP contribution < -0.4 is 0 Å². The number of aliphatic hydroxyl groups excluding tert-OH is 4. The molecule has 4 N–H and O–H groups in total. The van der Waals surface area contributed by atoms with Gasteiger partial charge in [0.15, 0.2) is 0 Å². The number of aliphatic hydroxyl groups is 4. The van der Waals surface area contributed by atoms with Crippen LogP contribution >= 0.6 is 0 Å². The van der Waals surface area contributed by atoms with Gasteiger partial charge in [-0.2, -0.15) is 0 Å². The smallest absolute Gasteiger partial charge is 0.308 e. The van der Waals surface area contributed by atoms with Crippen molar-refractivity contribution in [3.05, 3.63) is 0 Å². The van der Waals surface area contributed by atoms with Crippen LogP contribution in [-0.2, 0) is 19.1 Å². The number of unbranched alkanes of at least 4 members (excludes halogenated alkanes) is 10. The molecular weight excluding hydrogens is 404 g/mol. The minimum Gasteiger partial charge on any atom is -0.428 e. The molecule has 0 aliphatic rings. The van der Waals surface area contributed by atoms with Crippen molar-refractivity contribution in [2.75, 3.05) is 20.0 Å². The number of ether oxygens (including phenoxy) is 2. The first-order chi connectivity index (χ1) is 15.0. The minimum atomic E-state index is -0.612. The molecule has 0 heterocycles. The average molecular weight is 449 g/mol. The molecule has 0 fully saturated rings. The molecule has 0 rings (SSSR count). The van der Waals surface area contributed by atoms with Gasteiger partial charge in [0.05, 0.1) is 25.4 Å². The molecule has 31 heavy (non-hydrogen) atoms. The van der Waals surface area contributed by atoms with Crippen LogP contribution in [0.3, 0.4) is 0 Å². The zero-order valence-electron chi connectivity index (χ0n) is 19.0. The summed E-state index contributed by atoms with van der Waals surface area (Å²) >= 11 is 0. The Labute approximate surface area is 186 Å². The maximum absolute atomic E-state index is 11.6. The van der Waals surface area contributed by atoms with Crippen LogP contribution in [-0.4, -0.2) is 64.6 Å². The van der Waals surface area contributed by atoms with Crippen LogP contribution in [0, 0.1) is 0 Å². The molecule has 0 saturated carbocycles. The summed E-state index contributed by atoms with van der Waals surface area (Å²) in [6.07, 6.45) is 11.9. The molecule has 0 saturated heterocycles. The SMILES string of the molecule is O=C(CCCCCCCCC(O)CO)OCOC(=O)CCCCCCCCC(O)CO. The number of hydrogen-bond acceptors (Lipinski definition) is 8. The Balaban J connectivity index is 3.37. The zero-order valence-corrected chi connectivity index (χ0v) is 19.0. The molecule has 184 valence electrons. The van der Waals surface area contributed by atoms with Gasteiger partial charge in [-0.05, 0) is 25.7 Å². The van der Waals surface area contributed by atoms with Crippen molar-refractivity contribution in [3.63, 3.8) is 0 Å². The van der Waals surface area contributed by atoms with Crippen LogP contribution in [0.5, 0.6) is 0 Å². The molecule has 0 aromatic heterocycles. The number of carbonyl (C=O) groups is 2. The number of hydrogen-bond donors (Lipinski definition) is 4. The number of rotatable bonds is 22. The summed E-state index contributed by atoms with van der Waals surface area (Å²) in [6.45, 7) is -0.687. The highest BCUT2D eigenvalue weighted by molar-refractivity contribution is 5.70. The van der Waals surface area contributed by atoms with E-state index in [0.717, 1.165) is 77.0 Å². The summed E-state index contributed by atoms with van der Waals surface area (Å²) < 4.78 is 9.85. The Morgan fingerprint density at radius 1 is 0.548 bits per heavy atom. The van der Waals surface area contributed by atoms with Crippen LogP contribution in [0.2, 0.25) is 0 Å². The summed E-state index contributed by atoms with van der Waals surface area (Å²) in [5.74, 6) is -0.713. The molecule has 0 aromatic rings. The van der Waals surface area contributed by atoms with Crippen molar-refractivity contribution in [1.82, 2.24) is 0 Å². The predicted molar refractivity (Wildman–Crippen MR) is 117 cm³/mol. The monoisotopic (exact) mass is 448 g/mol. The van der Waals surface area contributed by atoms with Gasteiger partial charge in [0.2, 0.25) is 6.79 Å². The molecule has 0 radical (unpaired) electrons. The van der Waals surface area contributed by atoms with E-state index in [9.17, 15) is 19.8 Å². The van der Waals surface area contributed by atoms with Crippen molar-refractivity contribution in [1.29, 1.82) is 0 Å². The lowest BCUT2D eigenvalue weighted by atomic mass is 10.1. The molecule has 0 amide bonds. The van der Waals surface area contributed by atoms with Crippen LogP contribution in [0.15, 0.2) is 0 Å². The summed E-state index contributed by atoms with van der Waals surface area (Å²) in [5, 5.41) is 35.9. The van der Waals surface area contributed by atoms with Gasteiger partial charge in [-0.15, -0.1) is 0 Å². The molecular formula is C23H44O8. The molecule has 2 atom stereocenters. The van der Waals surface area contributed by atoms with E-state index in [1.807, 2.05) is 0 Å². The molecule has 0 bridgehead atoms. The Hall–Kier alpha value is -1.22. The first kappa shape index (κ1) is 29.8. The second kappa shape index (κ2) is 22.0. The lowest BCUT2D eigenvalue weighted by Crippen LogP contribution is -2.12. The van der Waals surface area contributed by atoms with Crippen molar-refractivity contribution in [2.45, 2.75) is 115 Å². The lowest BCUT2D eigenvalue weighted by Gasteiger charge is -2.07. The second-order valence-corrected chi connectivity index (χ2v) is 8.14. The quantitative estimate of drug-likeness (QED) is 0.113. The van der Waals surface area contributed by atoms with Gasteiger partial charge in [-0.25, -0.2) is 0 Å². The molecule has 0 aliphatic heterocycles. The Morgan fingerprint density at radius 3 is 1.23 bits per heavy atom. The van der Waals surface area contributed by atoms with Crippen molar-refractivity contribution in [3.8, 4) is 0 Å². The van der Waals surface area contributed by atoms with Gasteiger partial charge in [0, 0.05) is 12.8 Å². The van der Waals surface area contributed by atoms with Gasteiger partial charge in [-0.3, -0.25) is 9.59 Å². The molecule has 0 spiro atoms. The number of esters is 2. The third-order valence-electron chi connectivity index (χ3n) is 5.20. The summed E-state index contributed by atoms with van der Waals surface area (Å²) in [6, 6.07) is 0. The molecule has 2 unspecified atom stereocenters. The molecule has 8 heteroatoms. The van der Waals surface area contributed by atoms with Gasteiger partial charge >= 0.3 is 11.9 Å². The van der Waals surface area contributed by atoms with Crippen LogP contribution in [0.4, 0.5) is 0 Å². The van der Waals surface area contributed by atoms with E-state index in [2.05, 4.69) is 0 Å². The predicted octanol–water partition coefficient (Wildman–Crippen LogP) is 2.98. The van der Waals surface area contributed by atoms with E-state index in [-0.39, 0.29) is 31.9 Å². The van der Waals surface area contributed by atoms with Gasteiger partial charge in [0.1, 0.15) is 0 Å². The maximum Gasteiger partial charge on any atom is 0.308 e. The third kappa shape index (κ3) is 21.8. The summed E-state index contributed by atoms with van der Waals surface area (Å²) in [5.41, 5.74) is 0. The third-order valence-corrected chi connectivity index (χ3v) is 5.20. The fraction of sp³-hybridized carbons (Fsp3) is 0.913. The standard InChI is InChI=1S/C23H44O8/c24-17-20(26)13-9-5-1-3-7-11-15-22(28)30-19-31-23(29)16-12-8-4-2-6-10-14-21(27)18-25/h20-21,24-27H,1-19H2. The fourth-order valence-electron chi connectivity index (χ4n) is 3.20. The molecule has 8 nitrogen and oxygen atoms in total. The average Bonchev–Trinajstić information content (AvgIpc) is 2.76. The van der Waals surface area contributed by atoms with E-state index in [0.29, 0.717) is 25.7 Å². The topological polar surface area (TPSA) is 134 Å². The van der Waals surface area contributed by atoms with Crippen molar-refractivity contribution in [2.24, 2.45) is 0 Å². The largest absolute Gasteiger partial charge is 0.428 e. The van der Waals surface area contributed by atoms with Gasteiger partial charge in [-0.1, -0.05) is 64.2 Å². The van der Waals surface area contributed by atoms with Gasteiger partial charge in [0.25, 0.3) is 0 Å². The highest BCUT2D eigenvalue weighted by atomic mass is 16.7. The summed E-state index contributed by atoms with van der Waals surface area (Å²) in [7, 11) is 0. The van der Waals surface area contributed by atoms with E-state index in [4.69, 9.17) is 19.7 Å². The van der Waals surface area contributed by atoms with Crippen molar-refractivity contribution < 1.29 is 39.5 Å². The van der Waals surface area contributed by atoms with Crippen molar-refractivity contribution >= 4 is 11.9 Å². The molecule has 0 aromatic carbocycles. The van der Waals surface area contributed by atoms with Gasteiger partial charge < -0.3 is 29.9 Å². The first-order valence-electron chi connectivity index (χ1n) is 11.9. The Morgan fingerprint density at radius 2 is 0.871 bits per heavy atom. The second-order valence-electron chi connectivity index (χ2n) is 8.14. The fourth-order valence-corrected chi connectivity index (χ4v) is 3.20. The minimum absolute atomic E-state index is 0.183. The maximum atomic E-state index is 11.6. The first-order valence-corrected chi connectivity index (χ1v) is 11.9. The highest BCUT2D eigenvalue weighted by Crippen LogP contribution is 2.11. The van der Waals surface area contributed by atoms with E-state index in [1.165, 1.54) is 0 Å². The molecule has 0 aliphatic carbocycles. The van der Waals surface area contributed by atoms with E-state index < -0.39 is 12.2 Å². The van der Waals surface area contributed by atoms with Crippen LogP contribution in [0.25, 0.3) is 0 Å². The highest BCUT2D eigenvalue weighted by Gasteiger charge is 2.07. The van der Waals surface area contributed by atoms with E-state index >= 15 is 0 Å². The number of carbonyl (C=O) groups excluding carboxylic acids is 2.